The molecular formula is C22H22N2O2. The van der Waals surface area contributed by atoms with Gasteiger partial charge < -0.3 is 14.4 Å². The number of ether oxygens (including phenoxy) is 2. The van der Waals surface area contributed by atoms with Gasteiger partial charge in [-0.05, 0) is 42.5 Å². The van der Waals surface area contributed by atoms with Gasteiger partial charge in [0.25, 0.3) is 0 Å². The predicted octanol–water partition coefficient (Wildman–Crippen LogP) is 3.70. The highest BCUT2D eigenvalue weighted by Gasteiger charge is 2.55. The van der Waals surface area contributed by atoms with Gasteiger partial charge in [0.15, 0.2) is 0 Å². The summed E-state index contributed by atoms with van der Waals surface area (Å²) < 4.78 is 12.0. The summed E-state index contributed by atoms with van der Waals surface area (Å²) in [6.45, 7) is 3.36. The van der Waals surface area contributed by atoms with Gasteiger partial charge in [-0.1, -0.05) is 18.2 Å². The highest BCUT2D eigenvalue weighted by atomic mass is 16.5. The lowest BCUT2D eigenvalue weighted by atomic mass is 9.76. The summed E-state index contributed by atoms with van der Waals surface area (Å²) in [7, 11) is 0. The smallest absolute Gasteiger partial charge is 0.127 e. The second kappa shape index (κ2) is 5.26. The minimum Gasteiger partial charge on any atom is -0.493 e. The van der Waals surface area contributed by atoms with Crippen molar-refractivity contribution in [2.45, 2.75) is 31.1 Å². The molecule has 132 valence electrons. The average molecular weight is 346 g/mol. The van der Waals surface area contributed by atoms with Gasteiger partial charge in [-0.3, -0.25) is 4.99 Å². The van der Waals surface area contributed by atoms with Crippen LogP contribution < -0.4 is 14.4 Å². The first-order valence-electron chi connectivity index (χ1n) is 9.73. The molecule has 0 fully saturated rings. The monoisotopic (exact) mass is 346 g/mol. The van der Waals surface area contributed by atoms with Crippen molar-refractivity contribution in [3.63, 3.8) is 0 Å². The Kier molecular flexibility index (Phi) is 2.96. The van der Waals surface area contributed by atoms with Crippen LogP contribution >= 0.6 is 0 Å². The van der Waals surface area contributed by atoms with E-state index in [0.717, 1.165) is 37.6 Å². The summed E-state index contributed by atoms with van der Waals surface area (Å²) in [4.78, 5) is 7.57. The molecule has 0 bridgehead atoms. The third kappa shape index (κ3) is 1.77. The lowest BCUT2D eigenvalue weighted by Gasteiger charge is -2.29. The lowest BCUT2D eigenvalue weighted by Crippen LogP contribution is -2.43. The summed E-state index contributed by atoms with van der Waals surface area (Å²) in [6.07, 6.45) is 4.63. The van der Waals surface area contributed by atoms with Crippen LogP contribution in [0.15, 0.2) is 41.4 Å². The number of fused-ring (bicyclic) bond motifs is 8. The molecule has 4 nitrogen and oxygen atoms in total. The van der Waals surface area contributed by atoms with Crippen LogP contribution in [0.4, 0.5) is 5.69 Å². The summed E-state index contributed by atoms with van der Waals surface area (Å²) in [6, 6.07) is 13.2. The van der Waals surface area contributed by atoms with E-state index in [1.54, 1.807) is 0 Å². The van der Waals surface area contributed by atoms with Crippen molar-refractivity contribution in [2.75, 3.05) is 31.2 Å². The Balaban J connectivity index is 1.62. The van der Waals surface area contributed by atoms with E-state index >= 15 is 0 Å². The van der Waals surface area contributed by atoms with Crippen molar-refractivity contribution in [1.29, 1.82) is 0 Å². The molecule has 4 heteroatoms. The first kappa shape index (κ1) is 14.7. The largest absolute Gasteiger partial charge is 0.493 e. The van der Waals surface area contributed by atoms with Crippen molar-refractivity contribution < 1.29 is 9.47 Å². The molecule has 4 aliphatic rings. The van der Waals surface area contributed by atoms with E-state index in [1.807, 2.05) is 0 Å². The Bertz CT molecular complexity index is 936. The molecule has 0 saturated heterocycles. The van der Waals surface area contributed by atoms with E-state index in [0.29, 0.717) is 6.61 Å². The maximum atomic E-state index is 6.25. The van der Waals surface area contributed by atoms with Gasteiger partial charge >= 0.3 is 0 Å². The normalized spacial score (nSPS) is 27.4. The van der Waals surface area contributed by atoms with E-state index < -0.39 is 0 Å². The standard InChI is InChI=1S/C22H22N2O2/c1-4-9-23-21-22(16-6-2-3-7-18(16)24(21)10-5-1)14-26-20-13-19-15(8-11-25-19)12-17(20)22/h2-3,6-7,12-13H,1,4-5,8-11,14H2/b23-21-. The fraction of sp³-hybridized carbons (Fsp3) is 0.409. The van der Waals surface area contributed by atoms with Crippen molar-refractivity contribution in [1.82, 2.24) is 0 Å². The molecule has 0 amide bonds. The van der Waals surface area contributed by atoms with Crippen molar-refractivity contribution in [3.05, 3.63) is 53.1 Å². The first-order valence-corrected chi connectivity index (χ1v) is 9.73. The van der Waals surface area contributed by atoms with E-state index in [1.165, 1.54) is 47.5 Å². The zero-order valence-corrected chi connectivity index (χ0v) is 14.8. The van der Waals surface area contributed by atoms with Gasteiger partial charge in [0.05, 0.1) is 6.61 Å². The molecule has 0 N–H and O–H groups in total. The number of hydrogen-bond donors (Lipinski definition) is 0. The maximum Gasteiger partial charge on any atom is 0.127 e. The van der Waals surface area contributed by atoms with Crippen LogP contribution in [0.1, 0.15) is 36.0 Å². The fourth-order valence-corrected chi connectivity index (χ4v) is 5.06. The Morgan fingerprint density at radius 3 is 2.92 bits per heavy atom. The molecule has 1 atom stereocenters. The molecule has 1 spiro atoms. The molecule has 4 heterocycles. The molecule has 0 saturated carbocycles. The van der Waals surface area contributed by atoms with Gasteiger partial charge in [0.1, 0.15) is 29.4 Å². The number of para-hydroxylation sites is 1. The van der Waals surface area contributed by atoms with Gasteiger partial charge in [0, 0.05) is 36.8 Å². The van der Waals surface area contributed by atoms with Crippen LogP contribution in [-0.4, -0.2) is 32.1 Å². The second-order valence-corrected chi connectivity index (χ2v) is 7.68. The third-order valence-corrected chi connectivity index (χ3v) is 6.29. The van der Waals surface area contributed by atoms with Gasteiger partial charge in [0.2, 0.25) is 0 Å². The summed E-state index contributed by atoms with van der Waals surface area (Å²) in [5.41, 5.74) is 4.97. The first-order chi connectivity index (χ1) is 12.9. The van der Waals surface area contributed by atoms with Crippen LogP contribution in [0.25, 0.3) is 0 Å². The minimum atomic E-state index is -0.263. The Hall–Kier alpha value is -2.49. The third-order valence-electron chi connectivity index (χ3n) is 6.29. The van der Waals surface area contributed by atoms with E-state index in [2.05, 4.69) is 41.3 Å². The fourth-order valence-electron chi connectivity index (χ4n) is 5.06. The van der Waals surface area contributed by atoms with Gasteiger partial charge in [-0.25, -0.2) is 0 Å². The molecule has 6 rings (SSSR count). The van der Waals surface area contributed by atoms with E-state index in [-0.39, 0.29) is 5.41 Å². The van der Waals surface area contributed by atoms with Crippen LogP contribution in [0.3, 0.4) is 0 Å². The van der Waals surface area contributed by atoms with Gasteiger partial charge in [-0.15, -0.1) is 0 Å². The minimum absolute atomic E-state index is 0.263. The molecule has 4 aliphatic heterocycles. The Morgan fingerprint density at radius 2 is 1.92 bits per heavy atom. The van der Waals surface area contributed by atoms with Crippen LogP contribution in [-0.2, 0) is 11.8 Å². The number of aliphatic imine (C=N–C) groups is 1. The van der Waals surface area contributed by atoms with E-state index in [4.69, 9.17) is 14.5 Å². The summed E-state index contributed by atoms with van der Waals surface area (Å²) in [5, 5.41) is 0. The Labute approximate surface area is 153 Å². The number of benzene rings is 2. The van der Waals surface area contributed by atoms with E-state index in [9.17, 15) is 0 Å². The SMILES string of the molecule is c1ccc2c(c1)N1CCCCC/N=C\1C21COc2cc3c(cc21)CCO3. The van der Waals surface area contributed by atoms with Crippen molar-refractivity contribution >= 4 is 11.5 Å². The lowest BCUT2D eigenvalue weighted by molar-refractivity contribution is 0.321. The number of hydrogen-bond acceptors (Lipinski definition) is 4. The Morgan fingerprint density at radius 1 is 0.962 bits per heavy atom. The maximum absolute atomic E-state index is 6.25. The molecule has 26 heavy (non-hydrogen) atoms. The predicted molar refractivity (Wildman–Crippen MR) is 102 cm³/mol. The zero-order chi connectivity index (χ0) is 17.1. The van der Waals surface area contributed by atoms with Crippen LogP contribution in [0.2, 0.25) is 0 Å². The second-order valence-electron chi connectivity index (χ2n) is 7.68. The number of amidine groups is 1. The molecule has 2 aromatic carbocycles. The quantitative estimate of drug-likeness (QED) is 0.729. The highest BCUT2D eigenvalue weighted by Crippen LogP contribution is 2.54. The van der Waals surface area contributed by atoms with Crippen LogP contribution in [0, 0.1) is 0 Å². The number of rotatable bonds is 0. The average Bonchev–Trinajstić information content (AvgIpc) is 3.30. The molecule has 2 aromatic rings. The van der Waals surface area contributed by atoms with Crippen molar-refractivity contribution in [2.24, 2.45) is 4.99 Å². The summed E-state index contributed by atoms with van der Waals surface area (Å²) >= 11 is 0. The molecular weight excluding hydrogens is 324 g/mol. The molecule has 0 radical (unpaired) electrons. The topological polar surface area (TPSA) is 34.1 Å². The molecule has 0 aromatic heterocycles. The summed E-state index contributed by atoms with van der Waals surface area (Å²) in [5.74, 6) is 3.15. The number of nitrogens with zero attached hydrogens (tertiary/aromatic N) is 2. The number of anilines is 1. The van der Waals surface area contributed by atoms with Crippen LogP contribution in [0.5, 0.6) is 11.5 Å². The van der Waals surface area contributed by atoms with Gasteiger partial charge in [-0.2, -0.15) is 0 Å². The molecule has 1 unspecified atom stereocenters. The molecule has 0 aliphatic carbocycles. The highest BCUT2D eigenvalue weighted by molar-refractivity contribution is 6.14. The van der Waals surface area contributed by atoms with Crippen molar-refractivity contribution in [3.8, 4) is 11.5 Å². The zero-order valence-electron chi connectivity index (χ0n) is 14.8.